The average Bonchev–Trinajstić information content (AvgIpc) is 2.53. The van der Waals surface area contributed by atoms with Gasteiger partial charge in [0.15, 0.2) is 11.6 Å². The van der Waals surface area contributed by atoms with E-state index in [1.54, 1.807) is 12.1 Å². The fourth-order valence-electron chi connectivity index (χ4n) is 11.4. The van der Waals surface area contributed by atoms with E-state index in [9.17, 15) is 10.0 Å². The first kappa shape index (κ1) is 53.2. The molecule has 410 valence electrons. The van der Waals surface area contributed by atoms with Crippen molar-refractivity contribution >= 4 is 89.6 Å². The molecule has 0 radical (unpaired) electrons. The maximum absolute atomic E-state index is 9.25. The van der Waals surface area contributed by atoms with Crippen LogP contribution in [0.1, 0.15) is 1.43 Å². The lowest BCUT2D eigenvalue weighted by Crippen LogP contribution is -2.29. The second-order valence-electron chi connectivity index (χ2n) is 20.9. The van der Waals surface area contributed by atoms with Gasteiger partial charge < -0.3 is 20.6 Å². The highest BCUT2D eigenvalue weighted by atomic mass is 35.5. The van der Waals surface area contributed by atoms with Gasteiger partial charge in [0.2, 0.25) is 0 Å². The molecule has 0 bridgehead atoms. The smallest absolute Gasteiger partial charge is 0.488 e. The summed E-state index contributed by atoms with van der Waals surface area (Å²) < 4.78 is 4.64. The molecule has 4 aromatic heterocycles. The summed E-state index contributed by atoms with van der Waals surface area (Å²) in [6, 6.07) is 103. The predicted octanol–water partition coefficient (Wildman–Crippen LogP) is 17.9. The Kier molecular flexibility index (Phi) is 14.5. The fourth-order valence-corrected chi connectivity index (χ4v) is 11.7. The Morgan fingerprint density at radius 2 is 0.593 bits per heavy atom. The van der Waals surface area contributed by atoms with Crippen molar-refractivity contribution in [3.63, 3.8) is 0 Å². The summed E-state index contributed by atoms with van der Waals surface area (Å²) in [7, 11) is -1.44. The van der Waals surface area contributed by atoms with Crippen LogP contribution < -0.4 is 5.46 Å². The van der Waals surface area contributed by atoms with Crippen molar-refractivity contribution in [2.24, 2.45) is 0 Å². The third-order valence-electron chi connectivity index (χ3n) is 15.7. The molecule has 0 aliphatic carbocycles. The lowest BCUT2D eigenvalue weighted by molar-refractivity contribution is 0.426. The first-order valence-electron chi connectivity index (χ1n) is 28.4. The molecule has 12 aromatic carbocycles. The number of fused-ring (bicyclic) bond motifs is 8. The largest absolute Gasteiger partial charge is 1.00 e. The van der Waals surface area contributed by atoms with Crippen molar-refractivity contribution in [1.29, 1.82) is 0 Å². The lowest BCUT2D eigenvalue weighted by Gasteiger charge is -2.11. The highest BCUT2D eigenvalue weighted by Crippen LogP contribution is 2.36. The van der Waals surface area contributed by atoms with Crippen LogP contribution in [0.25, 0.3) is 133 Å². The van der Waals surface area contributed by atoms with Gasteiger partial charge in [-0.2, -0.15) is 0 Å². The maximum Gasteiger partial charge on any atom is 0.488 e. The average molecular weight is 1130 g/mol. The SMILES string of the molecule is Clc1nc(-c2ccccc2)nc2ccccc12.OB(O)c1ccc(-c2ccc(-n3c4ccccc4c4ccccc43)cc2)cc1.[H-].c1ccc(-c2nc(-c3ccc(-c4ccc(-n5c6ccccc6c6ccccc65)cc4)cc3)c3ccccc3n2)cc1. The van der Waals surface area contributed by atoms with Gasteiger partial charge >= 0.3 is 7.12 Å². The lowest BCUT2D eigenvalue weighted by atomic mass is 9.80. The minimum absolute atomic E-state index is 0. The Morgan fingerprint density at radius 1 is 0.279 bits per heavy atom. The number of benzene rings is 12. The van der Waals surface area contributed by atoms with Crippen LogP contribution in [0.5, 0.6) is 0 Å². The second-order valence-corrected chi connectivity index (χ2v) is 21.3. The van der Waals surface area contributed by atoms with E-state index in [1.165, 1.54) is 54.7 Å². The van der Waals surface area contributed by atoms with Gasteiger partial charge in [0.1, 0.15) is 5.15 Å². The van der Waals surface area contributed by atoms with E-state index in [0.29, 0.717) is 16.4 Å². The third-order valence-corrected chi connectivity index (χ3v) is 16.0. The van der Waals surface area contributed by atoms with Crippen molar-refractivity contribution in [3.8, 4) is 67.7 Å². The van der Waals surface area contributed by atoms with Crippen molar-refractivity contribution < 1.29 is 11.5 Å². The van der Waals surface area contributed by atoms with E-state index < -0.39 is 7.12 Å². The summed E-state index contributed by atoms with van der Waals surface area (Å²) in [6.07, 6.45) is 0. The van der Waals surface area contributed by atoms with Crippen LogP contribution in [0.2, 0.25) is 5.15 Å². The van der Waals surface area contributed by atoms with Crippen LogP contribution >= 0.6 is 11.6 Å². The van der Waals surface area contributed by atoms with Crippen molar-refractivity contribution in [1.82, 2.24) is 29.1 Å². The Labute approximate surface area is 503 Å². The summed E-state index contributed by atoms with van der Waals surface area (Å²) in [5.74, 6) is 1.40. The number of hydrogen-bond donors (Lipinski definition) is 2. The molecule has 16 aromatic rings. The molecule has 8 nitrogen and oxygen atoms in total. The van der Waals surface area contributed by atoms with Gasteiger partial charge in [-0.05, 0) is 94.4 Å². The van der Waals surface area contributed by atoms with Crippen LogP contribution in [0.4, 0.5) is 0 Å². The number of nitrogens with zero attached hydrogens (tertiary/aromatic N) is 6. The second kappa shape index (κ2) is 23.5. The Balaban J connectivity index is 0.000000131. The standard InChI is InChI=1S/C38H25N3.C24H18BNO2.C14H9ClN2.H/c1-2-10-29(11-3-1)38-39-34-15-7-4-14-33(34)37(40-38)28-20-18-26(19-21-28)27-22-24-30(25-23-27)41-35-16-8-5-12-31(35)32-13-6-9-17-36(32)41;27-25(28)19-13-9-17(10-14-19)18-11-15-20(16-12-18)26-23-7-3-1-5-21(23)22-6-2-4-8-24(22)26;15-13-11-8-4-5-9-12(11)16-14(17-13)10-6-2-1-3-7-10;/h1-25H;1-16,27-28H;1-9H;/q;;;-1. The monoisotopic (exact) mass is 1130 g/mol. The van der Waals surface area contributed by atoms with Crippen LogP contribution in [-0.4, -0.2) is 46.2 Å². The van der Waals surface area contributed by atoms with Crippen LogP contribution in [0.15, 0.2) is 303 Å². The number of hydrogen-bond acceptors (Lipinski definition) is 6. The minimum atomic E-state index is -1.44. The first-order chi connectivity index (χ1) is 42.4. The highest BCUT2D eigenvalue weighted by Gasteiger charge is 2.16. The van der Waals surface area contributed by atoms with Gasteiger partial charge in [-0.1, -0.05) is 248 Å². The highest BCUT2D eigenvalue weighted by molar-refractivity contribution is 6.58. The van der Waals surface area contributed by atoms with Crippen LogP contribution in [0, 0.1) is 0 Å². The van der Waals surface area contributed by atoms with E-state index in [1.807, 2.05) is 97.1 Å². The van der Waals surface area contributed by atoms with Crippen LogP contribution in [-0.2, 0) is 0 Å². The maximum atomic E-state index is 9.25. The molecule has 0 saturated carbocycles. The van der Waals surface area contributed by atoms with E-state index >= 15 is 0 Å². The van der Waals surface area contributed by atoms with Gasteiger partial charge in [-0.3, -0.25) is 0 Å². The normalized spacial score (nSPS) is 11.2. The van der Waals surface area contributed by atoms with Crippen molar-refractivity contribution in [3.05, 3.63) is 308 Å². The molecule has 4 heterocycles. The molecule has 0 spiro atoms. The molecule has 0 aliphatic heterocycles. The van der Waals surface area contributed by atoms with E-state index in [2.05, 4.69) is 213 Å². The van der Waals surface area contributed by atoms with E-state index in [4.69, 9.17) is 21.6 Å². The Bertz CT molecular complexity index is 4980. The third kappa shape index (κ3) is 10.4. The van der Waals surface area contributed by atoms with Gasteiger partial charge in [0.05, 0.1) is 38.8 Å². The van der Waals surface area contributed by atoms with E-state index in [0.717, 1.165) is 72.5 Å². The van der Waals surface area contributed by atoms with Gasteiger partial charge in [-0.25, -0.2) is 19.9 Å². The summed E-state index contributed by atoms with van der Waals surface area (Å²) in [6.45, 7) is 0. The molecule has 0 amide bonds. The molecule has 2 N–H and O–H groups in total. The Morgan fingerprint density at radius 3 is 1.01 bits per heavy atom. The first-order valence-corrected chi connectivity index (χ1v) is 28.8. The van der Waals surface area contributed by atoms with Crippen LogP contribution in [0.3, 0.4) is 0 Å². The summed E-state index contributed by atoms with van der Waals surface area (Å²) in [4.78, 5) is 18.7. The minimum Gasteiger partial charge on any atom is -1.00 e. The number of rotatable bonds is 8. The zero-order valence-corrected chi connectivity index (χ0v) is 47.2. The molecule has 10 heteroatoms. The molecule has 86 heavy (non-hydrogen) atoms. The molecule has 16 rings (SSSR count). The molecular weight excluding hydrogens is 1080 g/mol. The summed E-state index contributed by atoms with van der Waals surface area (Å²) >= 11 is 6.16. The predicted molar refractivity (Wildman–Crippen MR) is 357 cm³/mol. The molecule has 0 atom stereocenters. The van der Waals surface area contributed by atoms with Gasteiger partial charge in [0, 0.05) is 60.4 Å². The molecule has 0 saturated heterocycles. The van der Waals surface area contributed by atoms with Gasteiger partial charge in [0.25, 0.3) is 0 Å². The number of halogens is 1. The van der Waals surface area contributed by atoms with Crippen molar-refractivity contribution in [2.45, 2.75) is 0 Å². The number of para-hydroxylation sites is 6. The van der Waals surface area contributed by atoms with Gasteiger partial charge in [-0.15, -0.1) is 0 Å². The molecule has 0 aliphatic rings. The zero-order valence-electron chi connectivity index (χ0n) is 47.4. The van der Waals surface area contributed by atoms with E-state index in [-0.39, 0.29) is 1.43 Å². The molecule has 0 unspecified atom stereocenters. The van der Waals surface area contributed by atoms with Crippen molar-refractivity contribution in [2.75, 3.05) is 0 Å². The number of aromatic nitrogens is 6. The summed E-state index contributed by atoms with van der Waals surface area (Å²) in [5, 5.41) is 26.0. The molecular formula is C76H53BClN6O2-. The quantitative estimate of drug-likeness (QED) is 0.116. The molecule has 0 fully saturated rings. The summed E-state index contributed by atoms with van der Waals surface area (Å²) in [5.41, 5.74) is 17.9. The Hall–Kier alpha value is -10.8. The fraction of sp³-hybridized carbons (Fsp3) is 0. The zero-order chi connectivity index (χ0) is 57.9. The topological polar surface area (TPSA) is 102 Å².